The van der Waals surface area contributed by atoms with Gasteiger partial charge in [-0.15, -0.1) is 0 Å². The SMILES string of the molecule is N#CC(C#N)=C(c1ccc(O)cc1)c1ccc(O)cc1. The van der Waals surface area contributed by atoms with Crippen LogP contribution in [0.4, 0.5) is 0 Å². The molecule has 4 nitrogen and oxygen atoms in total. The summed E-state index contributed by atoms with van der Waals surface area (Å²) in [4.78, 5) is 0. The second-order valence-electron chi connectivity index (χ2n) is 4.07. The molecule has 2 N–H and O–H groups in total. The van der Waals surface area contributed by atoms with Crippen molar-refractivity contribution in [3.8, 4) is 23.6 Å². The van der Waals surface area contributed by atoms with Gasteiger partial charge < -0.3 is 10.2 Å². The summed E-state index contributed by atoms with van der Waals surface area (Å²) in [7, 11) is 0. The van der Waals surface area contributed by atoms with Crippen LogP contribution in [0.2, 0.25) is 0 Å². The highest BCUT2D eigenvalue weighted by molar-refractivity contribution is 5.86. The second kappa shape index (κ2) is 5.60. The normalized spacial score (nSPS) is 9.30. The van der Waals surface area contributed by atoms with E-state index in [2.05, 4.69) is 0 Å². The number of aromatic hydroxyl groups is 2. The molecule has 0 aromatic heterocycles. The topological polar surface area (TPSA) is 88.0 Å². The van der Waals surface area contributed by atoms with Crippen LogP contribution >= 0.6 is 0 Å². The molecule has 0 aliphatic heterocycles. The number of nitrogens with zero attached hydrogens (tertiary/aromatic N) is 2. The molecule has 0 atom stereocenters. The first kappa shape index (κ1) is 13.2. The van der Waals surface area contributed by atoms with E-state index < -0.39 is 0 Å². The van der Waals surface area contributed by atoms with Crippen molar-refractivity contribution < 1.29 is 10.2 Å². The van der Waals surface area contributed by atoms with Gasteiger partial charge in [-0.3, -0.25) is 0 Å². The quantitative estimate of drug-likeness (QED) is 0.814. The summed E-state index contributed by atoms with van der Waals surface area (Å²) in [6.45, 7) is 0. The van der Waals surface area contributed by atoms with Gasteiger partial charge in [0.2, 0.25) is 0 Å². The molecule has 4 heteroatoms. The van der Waals surface area contributed by atoms with Crippen LogP contribution in [0.25, 0.3) is 5.57 Å². The molecule has 0 radical (unpaired) electrons. The maximum atomic E-state index is 9.32. The van der Waals surface area contributed by atoms with Gasteiger partial charge in [0.05, 0.1) is 0 Å². The molecule has 0 unspecified atom stereocenters. The Kier molecular flexibility index (Phi) is 3.70. The van der Waals surface area contributed by atoms with Crippen molar-refractivity contribution >= 4 is 5.57 Å². The monoisotopic (exact) mass is 262 g/mol. The van der Waals surface area contributed by atoms with E-state index in [9.17, 15) is 10.2 Å². The Morgan fingerprint density at radius 2 is 1.05 bits per heavy atom. The summed E-state index contributed by atoms with van der Waals surface area (Å²) in [6, 6.07) is 16.2. The van der Waals surface area contributed by atoms with E-state index in [0.717, 1.165) is 0 Å². The Hall–Kier alpha value is -3.24. The molecule has 0 aliphatic carbocycles. The van der Waals surface area contributed by atoms with Gasteiger partial charge in [-0.2, -0.15) is 10.5 Å². The van der Waals surface area contributed by atoms with Crippen molar-refractivity contribution in [3.05, 3.63) is 65.2 Å². The van der Waals surface area contributed by atoms with E-state index >= 15 is 0 Å². The number of hydrogen-bond acceptors (Lipinski definition) is 4. The van der Waals surface area contributed by atoms with Crippen molar-refractivity contribution in [2.45, 2.75) is 0 Å². The molecular formula is C16H10N2O2. The molecule has 20 heavy (non-hydrogen) atoms. The van der Waals surface area contributed by atoms with Crippen LogP contribution in [0.15, 0.2) is 54.1 Å². The molecule has 2 aromatic carbocycles. The van der Waals surface area contributed by atoms with Crippen LogP contribution in [-0.4, -0.2) is 10.2 Å². The van der Waals surface area contributed by atoms with Crippen LogP contribution in [0.5, 0.6) is 11.5 Å². The molecule has 2 aromatic rings. The van der Waals surface area contributed by atoms with Gasteiger partial charge in [0.25, 0.3) is 0 Å². The Morgan fingerprint density at radius 1 is 0.700 bits per heavy atom. The van der Waals surface area contributed by atoms with Gasteiger partial charge in [0.1, 0.15) is 29.2 Å². The Bertz CT molecular complexity index is 667. The fourth-order valence-electron chi connectivity index (χ4n) is 1.85. The molecule has 0 bridgehead atoms. The lowest BCUT2D eigenvalue weighted by molar-refractivity contribution is 0.475. The van der Waals surface area contributed by atoms with Crippen molar-refractivity contribution in [2.24, 2.45) is 0 Å². The van der Waals surface area contributed by atoms with Gasteiger partial charge in [-0.05, 0) is 35.4 Å². The zero-order valence-electron chi connectivity index (χ0n) is 10.4. The van der Waals surface area contributed by atoms with Gasteiger partial charge in [-0.25, -0.2) is 0 Å². The molecule has 96 valence electrons. The third kappa shape index (κ3) is 2.60. The number of hydrogen-bond donors (Lipinski definition) is 2. The van der Waals surface area contributed by atoms with E-state index in [1.165, 1.54) is 24.3 Å². The van der Waals surface area contributed by atoms with E-state index in [1.807, 2.05) is 12.1 Å². The first-order valence-electron chi connectivity index (χ1n) is 5.79. The van der Waals surface area contributed by atoms with Crippen molar-refractivity contribution in [2.75, 3.05) is 0 Å². The van der Waals surface area contributed by atoms with Crippen LogP contribution < -0.4 is 0 Å². The van der Waals surface area contributed by atoms with E-state index in [1.54, 1.807) is 24.3 Å². The van der Waals surface area contributed by atoms with E-state index in [-0.39, 0.29) is 17.1 Å². The van der Waals surface area contributed by atoms with E-state index in [0.29, 0.717) is 16.7 Å². The van der Waals surface area contributed by atoms with Gasteiger partial charge in [0.15, 0.2) is 0 Å². The number of nitriles is 2. The van der Waals surface area contributed by atoms with Crippen LogP contribution in [-0.2, 0) is 0 Å². The van der Waals surface area contributed by atoms with Crippen LogP contribution in [0.1, 0.15) is 11.1 Å². The minimum absolute atomic E-state index is 0.0265. The molecule has 0 spiro atoms. The largest absolute Gasteiger partial charge is 0.508 e. The third-order valence-electron chi connectivity index (χ3n) is 2.79. The number of benzene rings is 2. The van der Waals surface area contributed by atoms with Crippen LogP contribution in [0.3, 0.4) is 0 Å². The zero-order chi connectivity index (χ0) is 14.5. The highest BCUT2D eigenvalue weighted by Crippen LogP contribution is 2.29. The van der Waals surface area contributed by atoms with Crippen LogP contribution in [0, 0.1) is 22.7 Å². The predicted molar refractivity (Wildman–Crippen MR) is 73.5 cm³/mol. The summed E-state index contributed by atoms with van der Waals surface area (Å²) in [6.07, 6.45) is 0. The Labute approximate surface area is 116 Å². The van der Waals surface area contributed by atoms with E-state index in [4.69, 9.17) is 10.5 Å². The summed E-state index contributed by atoms with van der Waals surface area (Å²) >= 11 is 0. The number of allylic oxidation sites excluding steroid dienone is 1. The Balaban J connectivity index is 2.67. The summed E-state index contributed by atoms with van der Waals surface area (Å²) < 4.78 is 0. The third-order valence-corrected chi connectivity index (χ3v) is 2.79. The Morgan fingerprint density at radius 3 is 1.35 bits per heavy atom. The van der Waals surface area contributed by atoms with Crippen molar-refractivity contribution in [1.29, 1.82) is 10.5 Å². The van der Waals surface area contributed by atoms with Crippen molar-refractivity contribution in [3.63, 3.8) is 0 Å². The minimum atomic E-state index is -0.0265. The predicted octanol–water partition coefficient (Wildman–Crippen LogP) is 2.95. The zero-order valence-corrected chi connectivity index (χ0v) is 10.4. The molecule has 2 rings (SSSR count). The average molecular weight is 262 g/mol. The lowest BCUT2D eigenvalue weighted by Gasteiger charge is -2.09. The molecular weight excluding hydrogens is 252 g/mol. The smallest absolute Gasteiger partial charge is 0.138 e. The summed E-state index contributed by atoms with van der Waals surface area (Å²) in [5.41, 5.74) is 1.73. The number of phenolic OH excluding ortho intramolecular Hbond substituents is 2. The maximum Gasteiger partial charge on any atom is 0.138 e. The fourth-order valence-corrected chi connectivity index (χ4v) is 1.85. The molecule has 0 fully saturated rings. The maximum absolute atomic E-state index is 9.32. The minimum Gasteiger partial charge on any atom is -0.508 e. The summed E-state index contributed by atoms with van der Waals surface area (Å²) in [5, 5.41) is 36.8. The van der Waals surface area contributed by atoms with Gasteiger partial charge in [0, 0.05) is 5.57 Å². The first-order chi connectivity index (χ1) is 9.65. The fraction of sp³-hybridized carbons (Fsp3) is 0. The lowest BCUT2D eigenvalue weighted by Crippen LogP contribution is -1.92. The molecule has 0 saturated heterocycles. The lowest BCUT2D eigenvalue weighted by atomic mass is 9.94. The molecule has 0 amide bonds. The molecule has 0 saturated carbocycles. The number of rotatable bonds is 2. The van der Waals surface area contributed by atoms with Crippen molar-refractivity contribution in [1.82, 2.24) is 0 Å². The number of phenols is 2. The van der Waals surface area contributed by atoms with Gasteiger partial charge >= 0.3 is 0 Å². The highest BCUT2D eigenvalue weighted by Gasteiger charge is 2.12. The standard InChI is InChI=1S/C16H10N2O2/c17-9-13(10-18)16(11-1-5-14(19)6-2-11)12-3-7-15(20)8-4-12/h1-8,19-20H. The summed E-state index contributed by atoms with van der Waals surface area (Å²) in [5.74, 6) is 0.212. The molecule has 0 aliphatic rings. The molecule has 0 heterocycles. The first-order valence-corrected chi connectivity index (χ1v) is 5.79. The van der Waals surface area contributed by atoms with Gasteiger partial charge in [-0.1, -0.05) is 24.3 Å². The average Bonchev–Trinajstić information content (AvgIpc) is 2.47. The highest BCUT2D eigenvalue weighted by atomic mass is 16.3. The second-order valence-corrected chi connectivity index (χ2v) is 4.07.